The highest BCUT2D eigenvalue weighted by Gasteiger charge is 2.25. The first-order valence-electron chi connectivity index (χ1n) is 6.90. The van der Waals surface area contributed by atoms with Crippen LogP contribution >= 0.6 is 0 Å². The summed E-state index contributed by atoms with van der Waals surface area (Å²) in [7, 11) is 2.22. The minimum atomic E-state index is 0.455. The molecule has 1 unspecified atom stereocenters. The van der Waals surface area contributed by atoms with Crippen LogP contribution in [0.3, 0.4) is 0 Å². The van der Waals surface area contributed by atoms with Crippen LogP contribution in [0, 0.1) is 11.8 Å². The van der Waals surface area contributed by atoms with Crippen LogP contribution in [-0.2, 0) is 0 Å². The predicted molar refractivity (Wildman–Crippen MR) is 68.4 cm³/mol. The summed E-state index contributed by atoms with van der Waals surface area (Å²) >= 11 is 0. The molecule has 0 amide bonds. The molecule has 2 aliphatic rings. The molecule has 2 heterocycles. The van der Waals surface area contributed by atoms with Crippen molar-refractivity contribution in [1.29, 1.82) is 0 Å². The van der Waals surface area contributed by atoms with Gasteiger partial charge in [0.2, 0.25) is 0 Å². The maximum Gasteiger partial charge on any atom is 0.00707 e. The van der Waals surface area contributed by atoms with E-state index < -0.39 is 0 Å². The molecule has 3 nitrogen and oxygen atoms in total. The lowest BCUT2D eigenvalue weighted by molar-refractivity contribution is 0.181. The zero-order valence-electron chi connectivity index (χ0n) is 10.6. The van der Waals surface area contributed by atoms with Crippen LogP contribution in [0.15, 0.2) is 0 Å². The predicted octanol–water partition coefficient (Wildman–Crippen LogP) is 1.05. The van der Waals surface area contributed by atoms with Crippen molar-refractivity contribution in [3.63, 3.8) is 0 Å². The SMILES string of the molecule is CN1CCC(C(N)CC2CCNCC2)CC1. The van der Waals surface area contributed by atoms with E-state index in [1.165, 1.54) is 58.3 Å². The Bertz CT molecular complexity index is 193. The van der Waals surface area contributed by atoms with Gasteiger partial charge in [-0.15, -0.1) is 0 Å². The molecule has 0 aliphatic carbocycles. The second kappa shape index (κ2) is 5.99. The third kappa shape index (κ3) is 3.44. The second-order valence-electron chi connectivity index (χ2n) is 5.73. The highest BCUT2D eigenvalue weighted by molar-refractivity contribution is 4.82. The van der Waals surface area contributed by atoms with Gasteiger partial charge in [0, 0.05) is 6.04 Å². The van der Waals surface area contributed by atoms with Crippen molar-refractivity contribution in [1.82, 2.24) is 10.2 Å². The van der Waals surface area contributed by atoms with E-state index in [0.717, 1.165) is 11.8 Å². The Morgan fingerprint density at radius 1 is 1.19 bits per heavy atom. The van der Waals surface area contributed by atoms with E-state index in [1.807, 2.05) is 0 Å². The van der Waals surface area contributed by atoms with Crippen LogP contribution in [0.25, 0.3) is 0 Å². The minimum Gasteiger partial charge on any atom is -0.327 e. The van der Waals surface area contributed by atoms with E-state index >= 15 is 0 Å². The highest BCUT2D eigenvalue weighted by atomic mass is 15.1. The Morgan fingerprint density at radius 3 is 2.44 bits per heavy atom. The van der Waals surface area contributed by atoms with Crippen LogP contribution < -0.4 is 11.1 Å². The number of piperidine rings is 2. The van der Waals surface area contributed by atoms with Crippen LogP contribution in [0.4, 0.5) is 0 Å². The van der Waals surface area contributed by atoms with Crippen molar-refractivity contribution in [3.8, 4) is 0 Å². The quantitative estimate of drug-likeness (QED) is 0.754. The normalized spacial score (nSPS) is 28.1. The Hall–Kier alpha value is -0.120. The second-order valence-corrected chi connectivity index (χ2v) is 5.73. The summed E-state index contributed by atoms with van der Waals surface area (Å²) in [6, 6.07) is 0.455. The Kier molecular flexibility index (Phi) is 4.62. The van der Waals surface area contributed by atoms with Crippen LogP contribution in [0.5, 0.6) is 0 Å². The maximum atomic E-state index is 6.39. The zero-order valence-corrected chi connectivity index (χ0v) is 10.6. The summed E-state index contributed by atoms with van der Waals surface area (Å²) in [4.78, 5) is 2.42. The summed E-state index contributed by atoms with van der Waals surface area (Å²) in [6.45, 7) is 4.88. The number of hydrogen-bond donors (Lipinski definition) is 2. The first-order valence-corrected chi connectivity index (χ1v) is 6.90. The topological polar surface area (TPSA) is 41.3 Å². The monoisotopic (exact) mass is 225 g/mol. The summed E-state index contributed by atoms with van der Waals surface area (Å²) < 4.78 is 0. The molecule has 94 valence electrons. The van der Waals surface area contributed by atoms with Gasteiger partial charge >= 0.3 is 0 Å². The van der Waals surface area contributed by atoms with Crippen molar-refractivity contribution in [2.75, 3.05) is 33.2 Å². The standard InChI is InChI=1S/C13H27N3/c1-16-8-4-12(5-9-16)13(14)10-11-2-6-15-7-3-11/h11-13,15H,2-10,14H2,1H3. The summed E-state index contributed by atoms with van der Waals surface area (Å²) in [5, 5.41) is 3.43. The molecule has 0 radical (unpaired) electrons. The fourth-order valence-electron chi connectivity index (χ4n) is 3.15. The largest absolute Gasteiger partial charge is 0.327 e. The fraction of sp³-hybridized carbons (Fsp3) is 1.00. The number of nitrogens with zero attached hydrogens (tertiary/aromatic N) is 1. The van der Waals surface area contributed by atoms with Gasteiger partial charge in [-0.25, -0.2) is 0 Å². The minimum absolute atomic E-state index is 0.455. The molecular formula is C13H27N3. The summed E-state index contributed by atoms with van der Waals surface area (Å²) in [6.07, 6.45) is 6.54. The number of hydrogen-bond acceptors (Lipinski definition) is 3. The molecule has 16 heavy (non-hydrogen) atoms. The van der Waals surface area contributed by atoms with E-state index in [0.29, 0.717) is 6.04 Å². The van der Waals surface area contributed by atoms with E-state index in [9.17, 15) is 0 Å². The summed E-state index contributed by atoms with van der Waals surface area (Å²) in [5.74, 6) is 1.67. The van der Waals surface area contributed by atoms with Crippen LogP contribution in [-0.4, -0.2) is 44.2 Å². The Labute approximate surface area is 99.8 Å². The van der Waals surface area contributed by atoms with E-state index in [2.05, 4.69) is 17.3 Å². The molecule has 0 aromatic rings. The molecule has 0 aromatic heterocycles. The Balaban J connectivity index is 1.72. The van der Waals surface area contributed by atoms with Gasteiger partial charge in [0.15, 0.2) is 0 Å². The van der Waals surface area contributed by atoms with E-state index in [-0.39, 0.29) is 0 Å². The lowest BCUT2D eigenvalue weighted by atomic mass is 9.82. The lowest BCUT2D eigenvalue weighted by Gasteiger charge is -2.34. The molecule has 2 saturated heterocycles. The number of rotatable bonds is 3. The van der Waals surface area contributed by atoms with Crippen LogP contribution in [0.2, 0.25) is 0 Å². The van der Waals surface area contributed by atoms with Gasteiger partial charge in [0.05, 0.1) is 0 Å². The molecule has 3 N–H and O–H groups in total. The molecule has 2 rings (SSSR count). The number of nitrogens with one attached hydrogen (secondary N) is 1. The van der Waals surface area contributed by atoms with Gasteiger partial charge in [-0.1, -0.05) is 0 Å². The molecule has 0 spiro atoms. The third-order valence-corrected chi connectivity index (χ3v) is 4.43. The highest BCUT2D eigenvalue weighted by Crippen LogP contribution is 2.25. The molecule has 2 fully saturated rings. The molecule has 3 heteroatoms. The molecule has 1 atom stereocenters. The van der Waals surface area contributed by atoms with Crippen molar-refractivity contribution in [2.24, 2.45) is 17.6 Å². The zero-order chi connectivity index (χ0) is 11.4. The fourth-order valence-corrected chi connectivity index (χ4v) is 3.15. The van der Waals surface area contributed by atoms with Gasteiger partial charge in [0.25, 0.3) is 0 Å². The molecule has 2 aliphatic heterocycles. The average Bonchev–Trinajstić information content (AvgIpc) is 2.31. The van der Waals surface area contributed by atoms with Gasteiger partial charge in [-0.05, 0) is 77.2 Å². The maximum absolute atomic E-state index is 6.39. The lowest BCUT2D eigenvalue weighted by Crippen LogP contribution is -2.41. The van der Waals surface area contributed by atoms with Gasteiger partial charge in [-0.3, -0.25) is 0 Å². The van der Waals surface area contributed by atoms with Gasteiger partial charge < -0.3 is 16.0 Å². The molecule has 0 saturated carbocycles. The molecular weight excluding hydrogens is 198 g/mol. The van der Waals surface area contributed by atoms with E-state index in [1.54, 1.807) is 0 Å². The Morgan fingerprint density at radius 2 is 1.81 bits per heavy atom. The molecule has 0 bridgehead atoms. The first kappa shape index (κ1) is 12.3. The van der Waals surface area contributed by atoms with Gasteiger partial charge in [-0.2, -0.15) is 0 Å². The van der Waals surface area contributed by atoms with Gasteiger partial charge in [0.1, 0.15) is 0 Å². The number of likely N-dealkylation sites (tertiary alicyclic amines) is 1. The smallest absolute Gasteiger partial charge is 0.00707 e. The van der Waals surface area contributed by atoms with Crippen molar-refractivity contribution in [3.05, 3.63) is 0 Å². The average molecular weight is 225 g/mol. The molecule has 0 aromatic carbocycles. The number of nitrogens with two attached hydrogens (primary N) is 1. The van der Waals surface area contributed by atoms with Crippen molar-refractivity contribution in [2.45, 2.75) is 38.1 Å². The third-order valence-electron chi connectivity index (χ3n) is 4.43. The summed E-state index contributed by atoms with van der Waals surface area (Å²) in [5.41, 5.74) is 6.39. The van der Waals surface area contributed by atoms with Crippen molar-refractivity contribution < 1.29 is 0 Å². The van der Waals surface area contributed by atoms with Crippen molar-refractivity contribution >= 4 is 0 Å². The van der Waals surface area contributed by atoms with Crippen LogP contribution in [0.1, 0.15) is 32.1 Å². The van der Waals surface area contributed by atoms with E-state index in [4.69, 9.17) is 5.73 Å². The first-order chi connectivity index (χ1) is 7.75.